The summed E-state index contributed by atoms with van der Waals surface area (Å²) in [6.07, 6.45) is 0.829. The van der Waals surface area contributed by atoms with Crippen LogP contribution in [0.2, 0.25) is 0 Å². The molecule has 0 amide bonds. The van der Waals surface area contributed by atoms with E-state index in [1.807, 2.05) is 26.8 Å². The number of halogens is 2. The number of nitrogens with zero attached hydrogens (tertiary/aromatic N) is 1. The van der Waals surface area contributed by atoms with Gasteiger partial charge in [-0.2, -0.15) is 5.26 Å². The molecule has 0 bridgehead atoms. The fourth-order valence-corrected chi connectivity index (χ4v) is 2.31. The van der Waals surface area contributed by atoms with Crippen molar-refractivity contribution in [3.8, 4) is 6.07 Å². The molecule has 1 unspecified atom stereocenters. The molecular weight excluding hydrogens is 307 g/mol. The molecule has 1 aromatic rings. The van der Waals surface area contributed by atoms with Crippen LogP contribution in [0.15, 0.2) is 22.7 Å². The highest BCUT2D eigenvalue weighted by Crippen LogP contribution is 2.28. The van der Waals surface area contributed by atoms with E-state index in [4.69, 9.17) is 5.26 Å². The molecule has 1 atom stereocenters. The molecule has 0 aromatic heterocycles. The minimum atomic E-state index is -0.318. The molecule has 0 fully saturated rings. The monoisotopic (exact) mass is 326 g/mol. The van der Waals surface area contributed by atoms with Crippen LogP contribution in [-0.4, -0.2) is 13.1 Å². The highest BCUT2D eigenvalue weighted by Gasteiger charge is 2.24. The standard InChI is InChI=1S/C15H20BrFN2/c1-4-11(8-18)9-19-10-15(2,3)13-7-12(16)5-6-14(13)17/h5-7,11,19H,4,9-10H2,1-3H3. The van der Waals surface area contributed by atoms with Crippen molar-refractivity contribution >= 4 is 15.9 Å². The fourth-order valence-electron chi connectivity index (χ4n) is 1.95. The summed E-state index contributed by atoms with van der Waals surface area (Å²) in [5.74, 6) is -0.175. The van der Waals surface area contributed by atoms with E-state index in [2.05, 4.69) is 27.3 Å². The normalized spacial score (nSPS) is 13.1. The second-order valence-electron chi connectivity index (χ2n) is 5.37. The molecule has 1 N–H and O–H groups in total. The molecule has 19 heavy (non-hydrogen) atoms. The Balaban J connectivity index is 2.70. The summed E-state index contributed by atoms with van der Waals surface area (Å²) < 4.78 is 14.8. The molecular formula is C15H20BrFN2. The van der Waals surface area contributed by atoms with Gasteiger partial charge in [-0.25, -0.2) is 4.39 Å². The Labute approximate surface area is 123 Å². The van der Waals surface area contributed by atoms with Crippen LogP contribution in [0.5, 0.6) is 0 Å². The number of nitrogens with one attached hydrogen (secondary N) is 1. The van der Waals surface area contributed by atoms with Crippen molar-refractivity contribution in [3.05, 3.63) is 34.1 Å². The zero-order valence-electron chi connectivity index (χ0n) is 11.6. The molecule has 1 rings (SSSR count). The van der Waals surface area contributed by atoms with Crippen LogP contribution in [0.25, 0.3) is 0 Å². The van der Waals surface area contributed by atoms with Crippen molar-refractivity contribution in [2.24, 2.45) is 5.92 Å². The van der Waals surface area contributed by atoms with Gasteiger partial charge in [0.15, 0.2) is 0 Å². The molecule has 4 heteroatoms. The van der Waals surface area contributed by atoms with Gasteiger partial charge in [-0.1, -0.05) is 36.7 Å². The van der Waals surface area contributed by atoms with Gasteiger partial charge in [0.25, 0.3) is 0 Å². The van der Waals surface area contributed by atoms with Gasteiger partial charge in [0, 0.05) is 23.0 Å². The molecule has 1 aromatic carbocycles. The van der Waals surface area contributed by atoms with Gasteiger partial charge in [-0.05, 0) is 30.2 Å². The number of hydrogen-bond donors (Lipinski definition) is 1. The molecule has 104 valence electrons. The van der Waals surface area contributed by atoms with E-state index < -0.39 is 0 Å². The predicted molar refractivity (Wildman–Crippen MR) is 79.4 cm³/mol. The lowest BCUT2D eigenvalue weighted by Crippen LogP contribution is -2.36. The van der Waals surface area contributed by atoms with Gasteiger partial charge in [-0.15, -0.1) is 0 Å². The maximum Gasteiger partial charge on any atom is 0.127 e. The zero-order chi connectivity index (χ0) is 14.5. The zero-order valence-corrected chi connectivity index (χ0v) is 13.2. The van der Waals surface area contributed by atoms with Gasteiger partial charge in [0.1, 0.15) is 5.82 Å². The van der Waals surface area contributed by atoms with Crippen LogP contribution in [0.4, 0.5) is 4.39 Å². The average Bonchev–Trinajstić information content (AvgIpc) is 2.37. The van der Waals surface area contributed by atoms with Crippen molar-refractivity contribution in [3.63, 3.8) is 0 Å². The molecule has 2 nitrogen and oxygen atoms in total. The fraction of sp³-hybridized carbons (Fsp3) is 0.533. The summed E-state index contributed by atoms with van der Waals surface area (Å²) in [7, 11) is 0. The largest absolute Gasteiger partial charge is 0.315 e. The van der Waals surface area contributed by atoms with E-state index in [1.165, 1.54) is 6.07 Å². The third-order valence-electron chi connectivity index (χ3n) is 3.29. The van der Waals surface area contributed by atoms with Crippen LogP contribution in [-0.2, 0) is 5.41 Å². The summed E-state index contributed by atoms with van der Waals surface area (Å²) in [6.45, 7) is 7.27. The van der Waals surface area contributed by atoms with E-state index in [0.29, 0.717) is 18.7 Å². The third-order valence-corrected chi connectivity index (χ3v) is 3.78. The van der Waals surface area contributed by atoms with Crippen molar-refractivity contribution < 1.29 is 4.39 Å². The lowest BCUT2D eigenvalue weighted by molar-refractivity contribution is 0.427. The number of rotatable bonds is 6. The molecule has 0 saturated carbocycles. The summed E-state index contributed by atoms with van der Waals surface area (Å²) >= 11 is 3.37. The second kappa shape index (κ2) is 7.02. The number of hydrogen-bond acceptors (Lipinski definition) is 2. The van der Waals surface area contributed by atoms with Gasteiger partial charge in [0.2, 0.25) is 0 Å². The van der Waals surface area contributed by atoms with E-state index in [9.17, 15) is 4.39 Å². The number of benzene rings is 1. The van der Waals surface area contributed by atoms with Crippen LogP contribution in [0, 0.1) is 23.1 Å². The smallest absolute Gasteiger partial charge is 0.127 e. The highest BCUT2D eigenvalue weighted by atomic mass is 79.9. The van der Waals surface area contributed by atoms with Crippen LogP contribution < -0.4 is 5.32 Å². The third kappa shape index (κ3) is 4.59. The summed E-state index contributed by atoms with van der Waals surface area (Å²) in [5, 5.41) is 12.2. The first-order valence-electron chi connectivity index (χ1n) is 6.46. The minimum Gasteiger partial charge on any atom is -0.315 e. The van der Waals surface area contributed by atoms with Crippen LogP contribution in [0.1, 0.15) is 32.8 Å². The van der Waals surface area contributed by atoms with Gasteiger partial charge in [0.05, 0.1) is 12.0 Å². The van der Waals surface area contributed by atoms with Crippen molar-refractivity contribution in [1.82, 2.24) is 5.32 Å². The molecule has 0 spiro atoms. The Morgan fingerprint density at radius 1 is 1.47 bits per heavy atom. The first kappa shape index (κ1) is 16.1. The maximum absolute atomic E-state index is 13.9. The van der Waals surface area contributed by atoms with E-state index >= 15 is 0 Å². The number of nitriles is 1. The Morgan fingerprint density at radius 2 is 2.16 bits per heavy atom. The van der Waals surface area contributed by atoms with Crippen LogP contribution >= 0.6 is 15.9 Å². The Morgan fingerprint density at radius 3 is 2.74 bits per heavy atom. The van der Waals surface area contributed by atoms with Crippen molar-refractivity contribution in [1.29, 1.82) is 5.26 Å². The average molecular weight is 327 g/mol. The SMILES string of the molecule is CCC(C#N)CNCC(C)(C)c1cc(Br)ccc1F. The van der Waals surface area contributed by atoms with Gasteiger partial charge in [-0.3, -0.25) is 0 Å². The first-order valence-corrected chi connectivity index (χ1v) is 7.26. The second-order valence-corrected chi connectivity index (χ2v) is 6.29. The Bertz CT molecular complexity index is 466. The van der Waals surface area contributed by atoms with E-state index in [-0.39, 0.29) is 17.2 Å². The lowest BCUT2D eigenvalue weighted by Gasteiger charge is -2.27. The minimum absolute atomic E-state index is 0.0168. The van der Waals surface area contributed by atoms with Gasteiger partial charge < -0.3 is 5.32 Å². The Hall–Kier alpha value is -0.920. The lowest BCUT2D eigenvalue weighted by atomic mass is 9.84. The summed E-state index contributed by atoms with van der Waals surface area (Å²) in [4.78, 5) is 0. The summed E-state index contributed by atoms with van der Waals surface area (Å²) in [5.41, 5.74) is 0.362. The highest BCUT2D eigenvalue weighted by molar-refractivity contribution is 9.10. The van der Waals surface area contributed by atoms with Gasteiger partial charge >= 0.3 is 0 Å². The first-order chi connectivity index (χ1) is 8.90. The molecule has 0 heterocycles. The topological polar surface area (TPSA) is 35.8 Å². The molecule has 0 saturated heterocycles. The molecule has 0 aliphatic heterocycles. The van der Waals surface area contributed by atoms with Crippen molar-refractivity contribution in [2.75, 3.05) is 13.1 Å². The molecule has 0 aliphatic rings. The van der Waals surface area contributed by atoms with E-state index in [0.717, 1.165) is 10.9 Å². The summed E-state index contributed by atoms with van der Waals surface area (Å²) in [6, 6.07) is 7.25. The maximum atomic E-state index is 13.9. The predicted octanol–water partition coefficient (Wildman–Crippen LogP) is 4.01. The molecule has 0 aliphatic carbocycles. The van der Waals surface area contributed by atoms with Crippen LogP contribution in [0.3, 0.4) is 0 Å². The van der Waals surface area contributed by atoms with E-state index in [1.54, 1.807) is 6.07 Å². The van der Waals surface area contributed by atoms with Crippen molar-refractivity contribution in [2.45, 2.75) is 32.6 Å². The quantitative estimate of drug-likeness (QED) is 0.857. The Kier molecular flexibility index (Phi) is 5.96. The molecule has 0 radical (unpaired) electrons.